The highest BCUT2D eigenvalue weighted by molar-refractivity contribution is 5.38. The molecule has 1 aliphatic carbocycles. The summed E-state index contributed by atoms with van der Waals surface area (Å²) < 4.78 is 5.43. The van der Waals surface area contributed by atoms with Gasteiger partial charge in [0.1, 0.15) is 11.6 Å². The number of ether oxygens (including phenoxy) is 1. The molecule has 1 aromatic rings. The second-order valence-electron chi connectivity index (χ2n) is 5.64. The lowest BCUT2D eigenvalue weighted by Gasteiger charge is -2.35. The molecule has 20 heavy (non-hydrogen) atoms. The molecule has 2 N–H and O–H groups in total. The highest BCUT2D eigenvalue weighted by Gasteiger charge is 2.31. The van der Waals surface area contributed by atoms with Gasteiger partial charge in [-0.1, -0.05) is 19.3 Å². The van der Waals surface area contributed by atoms with Crippen molar-refractivity contribution in [1.82, 2.24) is 9.97 Å². The first kappa shape index (κ1) is 15.0. The molecule has 0 radical (unpaired) electrons. The molecule has 0 aliphatic heterocycles. The number of rotatable bonds is 6. The van der Waals surface area contributed by atoms with Gasteiger partial charge in [-0.2, -0.15) is 4.98 Å². The summed E-state index contributed by atoms with van der Waals surface area (Å²) >= 11 is 0. The van der Waals surface area contributed by atoms with E-state index in [9.17, 15) is 5.11 Å². The van der Waals surface area contributed by atoms with Gasteiger partial charge in [0.05, 0.1) is 13.2 Å². The zero-order chi connectivity index (χ0) is 14.4. The van der Waals surface area contributed by atoms with Crippen molar-refractivity contribution in [3.8, 4) is 5.88 Å². The third-order valence-corrected chi connectivity index (χ3v) is 4.00. The van der Waals surface area contributed by atoms with E-state index >= 15 is 0 Å². The highest BCUT2D eigenvalue weighted by Crippen LogP contribution is 2.36. The molecule has 0 atom stereocenters. The van der Waals surface area contributed by atoms with Gasteiger partial charge in [0.2, 0.25) is 5.88 Å². The standard InChI is InChI=1S/C15H25N3O2/c1-3-20-14-9-13(17-12(2)18-14)16-10-15(11-19)7-5-4-6-8-15/h9,19H,3-8,10-11H2,1-2H3,(H,16,17,18). The number of anilines is 1. The van der Waals surface area contributed by atoms with Crippen LogP contribution in [0.1, 0.15) is 44.9 Å². The summed E-state index contributed by atoms with van der Waals surface area (Å²) in [6, 6.07) is 1.82. The Bertz CT molecular complexity index is 431. The first-order chi connectivity index (χ1) is 9.67. The molecular weight excluding hydrogens is 254 g/mol. The minimum Gasteiger partial charge on any atom is -0.478 e. The SMILES string of the molecule is CCOc1cc(NCC2(CO)CCCCC2)nc(C)n1. The van der Waals surface area contributed by atoms with E-state index in [0.717, 1.165) is 25.2 Å². The van der Waals surface area contributed by atoms with E-state index in [0.29, 0.717) is 18.3 Å². The number of aliphatic hydroxyl groups is 1. The van der Waals surface area contributed by atoms with E-state index in [1.165, 1.54) is 19.3 Å². The summed E-state index contributed by atoms with van der Waals surface area (Å²) in [6.45, 7) is 5.38. The molecule has 112 valence electrons. The normalized spacial score (nSPS) is 17.8. The average molecular weight is 279 g/mol. The fourth-order valence-electron chi connectivity index (χ4n) is 2.82. The third kappa shape index (κ3) is 3.82. The maximum absolute atomic E-state index is 9.72. The van der Waals surface area contributed by atoms with Gasteiger partial charge in [0, 0.05) is 18.0 Å². The van der Waals surface area contributed by atoms with Gasteiger partial charge in [-0.3, -0.25) is 0 Å². The van der Waals surface area contributed by atoms with Crippen LogP contribution in [0.15, 0.2) is 6.07 Å². The second-order valence-corrected chi connectivity index (χ2v) is 5.64. The van der Waals surface area contributed by atoms with Gasteiger partial charge in [-0.15, -0.1) is 0 Å². The lowest BCUT2D eigenvalue weighted by molar-refractivity contribution is 0.0943. The molecule has 0 amide bonds. The summed E-state index contributed by atoms with van der Waals surface area (Å²) in [5.74, 6) is 2.07. The fourth-order valence-corrected chi connectivity index (χ4v) is 2.82. The van der Waals surface area contributed by atoms with Gasteiger partial charge in [0.15, 0.2) is 0 Å². The zero-order valence-corrected chi connectivity index (χ0v) is 12.5. The fraction of sp³-hybridized carbons (Fsp3) is 0.733. The van der Waals surface area contributed by atoms with Crippen LogP contribution in [0, 0.1) is 12.3 Å². The Kier molecular flexibility index (Phi) is 5.17. The highest BCUT2D eigenvalue weighted by atomic mass is 16.5. The maximum atomic E-state index is 9.72. The number of hydrogen-bond donors (Lipinski definition) is 2. The van der Waals surface area contributed by atoms with Crippen LogP contribution < -0.4 is 10.1 Å². The largest absolute Gasteiger partial charge is 0.478 e. The van der Waals surface area contributed by atoms with E-state index in [1.54, 1.807) is 0 Å². The number of nitrogens with one attached hydrogen (secondary N) is 1. The average Bonchev–Trinajstić information content (AvgIpc) is 2.46. The smallest absolute Gasteiger partial charge is 0.218 e. The molecule has 0 bridgehead atoms. The van der Waals surface area contributed by atoms with E-state index in [1.807, 2.05) is 19.9 Å². The minimum absolute atomic E-state index is 0.00286. The Labute approximate surface area is 120 Å². The Hall–Kier alpha value is -1.36. The molecule has 0 aromatic carbocycles. The van der Waals surface area contributed by atoms with Crippen molar-refractivity contribution < 1.29 is 9.84 Å². The molecule has 1 fully saturated rings. The quantitative estimate of drug-likeness (QED) is 0.837. The molecule has 1 saturated carbocycles. The number of aromatic nitrogens is 2. The van der Waals surface area contributed by atoms with Crippen LogP contribution in [0.25, 0.3) is 0 Å². The van der Waals surface area contributed by atoms with E-state index < -0.39 is 0 Å². The number of aryl methyl sites for hydroxylation is 1. The lowest BCUT2D eigenvalue weighted by atomic mass is 9.74. The van der Waals surface area contributed by atoms with Crippen LogP contribution >= 0.6 is 0 Å². The van der Waals surface area contributed by atoms with E-state index in [-0.39, 0.29) is 12.0 Å². The summed E-state index contributed by atoms with van der Waals surface area (Å²) in [5.41, 5.74) is 0.00286. The van der Waals surface area contributed by atoms with E-state index in [4.69, 9.17) is 4.74 Å². The van der Waals surface area contributed by atoms with Crippen LogP contribution in [0.2, 0.25) is 0 Å². The first-order valence-electron chi connectivity index (χ1n) is 7.51. The van der Waals surface area contributed by atoms with Crippen molar-refractivity contribution in [2.24, 2.45) is 5.41 Å². The molecule has 0 unspecified atom stereocenters. The van der Waals surface area contributed by atoms with E-state index in [2.05, 4.69) is 15.3 Å². The van der Waals surface area contributed by atoms with Crippen molar-refractivity contribution >= 4 is 5.82 Å². The predicted molar refractivity (Wildman–Crippen MR) is 79.0 cm³/mol. The predicted octanol–water partition coefficient (Wildman–Crippen LogP) is 2.54. The Morgan fingerprint density at radius 1 is 1.30 bits per heavy atom. The van der Waals surface area contributed by atoms with Gasteiger partial charge in [-0.25, -0.2) is 4.98 Å². The molecule has 0 spiro atoms. The molecule has 5 nitrogen and oxygen atoms in total. The number of nitrogens with zero attached hydrogens (tertiary/aromatic N) is 2. The van der Waals surface area contributed by atoms with Crippen LogP contribution in [0.3, 0.4) is 0 Å². The lowest BCUT2D eigenvalue weighted by Crippen LogP contribution is -2.35. The first-order valence-corrected chi connectivity index (χ1v) is 7.51. The van der Waals surface area contributed by atoms with Crippen LogP contribution in [-0.4, -0.2) is 34.8 Å². The molecule has 5 heteroatoms. The van der Waals surface area contributed by atoms with Gasteiger partial charge < -0.3 is 15.2 Å². The number of aliphatic hydroxyl groups excluding tert-OH is 1. The summed E-state index contributed by atoms with van der Waals surface area (Å²) in [7, 11) is 0. The maximum Gasteiger partial charge on any atom is 0.218 e. The Morgan fingerprint density at radius 3 is 2.70 bits per heavy atom. The summed E-state index contributed by atoms with van der Waals surface area (Å²) in [6.07, 6.45) is 5.85. The van der Waals surface area contributed by atoms with Crippen molar-refractivity contribution in [3.63, 3.8) is 0 Å². The minimum atomic E-state index is 0.00286. The molecule has 1 heterocycles. The van der Waals surface area contributed by atoms with Crippen LogP contribution in [0.4, 0.5) is 5.82 Å². The molecule has 1 aromatic heterocycles. The Balaban J connectivity index is 2.02. The second kappa shape index (κ2) is 6.88. The van der Waals surface area contributed by atoms with Crippen molar-refractivity contribution in [1.29, 1.82) is 0 Å². The number of hydrogen-bond acceptors (Lipinski definition) is 5. The third-order valence-electron chi connectivity index (χ3n) is 4.00. The molecule has 2 rings (SSSR count). The summed E-state index contributed by atoms with van der Waals surface area (Å²) in [5, 5.41) is 13.1. The van der Waals surface area contributed by atoms with Crippen molar-refractivity contribution in [2.75, 3.05) is 25.1 Å². The summed E-state index contributed by atoms with van der Waals surface area (Å²) in [4.78, 5) is 8.62. The van der Waals surface area contributed by atoms with Crippen LogP contribution in [0.5, 0.6) is 5.88 Å². The van der Waals surface area contributed by atoms with Gasteiger partial charge >= 0.3 is 0 Å². The Morgan fingerprint density at radius 2 is 2.05 bits per heavy atom. The monoisotopic (exact) mass is 279 g/mol. The topological polar surface area (TPSA) is 67.3 Å². The molecule has 0 saturated heterocycles. The van der Waals surface area contributed by atoms with Crippen molar-refractivity contribution in [2.45, 2.75) is 46.0 Å². The molecule has 1 aliphatic rings. The van der Waals surface area contributed by atoms with Crippen LogP contribution in [-0.2, 0) is 0 Å². The molecular formula is C15H25N3O2. The van der Waals surface area contributed by atoms with Crippen molar-refractivity contribution in [3.05, 3.63) is 11.9 Å². The van der Waals surface area contributed by atoms with Gasteiger partial charge in [-0.05, 0) is 26.7 Å². The zero-order valence-electron chi connectivity index (χ0n) is 12.5. The van der Waals surface area contributed by atoms with Gasteiger partial charge in [0.25, 0.3) is 0 Å².